The number of hydrogen-bond donors (Lipinski definition) is 3. The minimum atomic E-state index is -0.326. The van der Waals surface area contributed by atoms with Gasteiger partial charge in [-0.25, -0.2) is 0 Å². The van der Waals surface area contributed by atoms with Crippen LogP contribution >= 0.6 is 0 Å². The van der Waals surface area contributed by atoms with Gasteiger partial charge in [-0.05, 0) is 25.2 Å². The minimum absolute atomic E-state index is 0.326. The van der Waals surface area contributed by atoms with Crippen LogP contribution in [0, 0.1) is 5.92 Å². The summed E-state index contributed by atoms with van der Waals surface area (Å²) in [5, 5.41) is 15.6. The monoisotopic (exact) mass is 209 g/mol. The van der Waals surface area contributed by atoms with Gasteiger partial charge in [0.1, 0.15) is 0 Å². The molecule has 3 N–H and O–H groups in total. The average Bonchev–Trinajstić information content (AvgIpc) is 2.30. The molecule has 1 aliphatic heterocycles. The highest BCUT2D eigenvalue weighted by atomic mass is 16.3. The van der Waals surface area contributed by atoms with Gasteiger partial charge in [0.15, 0.2) is 5.96 Å². The Morgan fingerprint density at radius 1 is 1.53 bits per heavy atom. The molecule has 0 spiro atoms. The van der Waals surface area contributed by atoms with Crippen LogP contribution in [0.25, 0.3) is 0 Å². The van der Waals surface area contributed by atoms with Crippen molar-refractivity contribution in [2.24, 2.45) is 10.9 Å². The average molecular weight is 209 g/mol. The summed E-state index contributed by atoms with van der Waals surface area (Å²) in [6, 6.07) is 0. The van der Waals surface area contributed by atoms with E-state index < -0.39 is 0 Å². The van der Waals surface area contributed by atoms with Gasteiger partial charge in [-0.3, -0.25) is 4.99 Å². The molecule has 0 radical (unpaired) electrons. The fraction of sp³-hybridized carbons (Fsp3) is 0.727. The van der Waals surface area contributed by atoms with Crippen molar-refractivity contribution in [3.63, 3.8) is 0 Å². The topological polar surface area (TPSA) is 56.7 Å². The third-order valence-electron chi connectivity index (χ3n) is 2.90. The molecule has 84 valence electrons. The standard InChI is InChI=1S/C11H19N3O/c15-10-7-13-11(14-8-10)12-6-9-4-2-1-3-5-9/h1-2,9-10,15H,3-8H2,(H2,12,13,14). The highest BCUT2D eigenvalue weighted by Crippen LogP contribution is 2.16. The van der Waals surface area contributed by atoms with Crippen LogP contribution < -0.4 is 10.6 Å². The molecule has 2 unspecified atom stereocenters. The number of allylic oxidation sites excluding steroid dienone is 2. The normalized spacial score (nSPS) is 30.6. The van der Waals surface area contributed by atoms with Gasteiger partial charge in [0, 0.05) is 13.1 Å². The molecule has 0 fully saturated rings. The van der Waals surface area contributed by atoms with Gasteiger partial charge in [-0.1, -0.05) is 12.2 Å². The lowest BCUT2D eigenvalue weighted by atomic mass is 9.94. The van der Waals surface area contributed by atoms with Crippen LogP contribution in [-0.2, 0) is 0 Å². The molecule has 0 aromatic rings. The Balaban J connectivity index is 1.71. The van der Waals surface area contributed by atoms with Crippen molar-refractivity contribution in [3.8, 4) is 0 Å². The first kappa shape index (κ1) is 10.5. The third kappa shape index (κ3) is 3.23. The Labute approximate surface area is 90.5 Å². The number of β-amino-alcohol motifs (C(OH)–C–C–N with tert-alkyl or cyclic N) is 1. The lowest BCUT2D eigenvalue weighted by molar-refractivity contribution is 0.180. The second kappa shape index (κ2) is 5.16. The molecule has 2 aliphatic rings. The largest absolute Gasteiger partial charge is 0.389 e. The summed E-state index contributed by atoms with van der Waals surface area (Å²) in [6.45, 7) is 2.10. The van der Waals surface area contributed by atoms with Crippen LogP contribution in [0.15, 0.2) is 17.1 Å². The molecule has 0 saturated carbocycles. The zero-order valence-electron chi connectivity index (χ0n) is 8.95. The maximum absolute atomic E-state index is 9.24. The van der Waals surface area contributed by atoms with Gasteiger partial charge in [0.2, 0.25) is 0 Å². The smallest absolute Gasteiger partial charge is 0.191 e. The van der Waals surface area contributed by atoms with Crippen molar-refractivity contribution in [2.45, 2.75) is 25.4 Å². The summed E-state index contributed by atoms with van der Waals surface area (Å²) in [4.78, 5) is 4.22. The minimum Gasteiger partial charge on any atom is -0.389 e. The Morgan fingerprint density at radius 2 is 2.47 bits per heavy atom. The van der Waals surface area contributed by atoms with Crippen molar-refractivity contribution in [1.29, 1.82) is 0 Å². The van der Waals surface area contributed by atoms with E-state index in [9.17, 15) is 5.11 Å². The first-order chi connectivity index (χ1) is 7.34. The Bertz CT molecular complexity index is 263. The summed E-state index contributed by atoms with van der Waals surface area (Å²) in [5.41, 5.74) is 0. The van der Waals surface area contributed by atoms with Crippen LogP contribution in [0.3, 0.4) is 0 Å². The zero-order valence-corrected chi connectivity index (χ0v) is 8.95. The van der Waals surface area contributed by atoms with E-state index in [1.807, 2.05) is 0 Å². The molecule has 0 bridgehead atoms. The van der Waals surface area contributed by atoms with Crippen LogP contribution in [0.4, 0.5) is 0 Å². The zero-order chi connectivity index (χ0) is 10.5. The fourth-order valence-electron chi connectivity index (χ4n) is 1.93. The van der Waals surface area contributed by atoms with Crippen molar-refractivity contribution < 1.29 is 5.11 Å². The second-order valence-corrected chi connectivity index (χ2v) is 4.26. The van der Waals surface area contributed by atoms with Crippen molar-refractivity contribution in [3.05, 3.63) is 12.2 Å². The van der Waals surface area contributed by atoms with E-state index >= 15 is 0 Å². The molecule has 1 heterocycles. The van der Waals surface area contributed by atoms with Crippen molar-refractivity contribution >= 4 is 5.96 Å². The predicted molar refractivity (Wildman–Crippen MR) is 60.8 cm³/mol. The number of nitrogens with one attached hydrogen (secondary N) is 2. The molecule has 4 heteroatoms. The van der Waals surface area contributed by atoms with E-state index in [-0.39, 0.29) is 6.10 Å². The molecule has 1 aliphatic carbocycles. The molecule has 0 amide bonds. The lowest BCUT2D eigenvalue weighted by Gasteiger charge is -2.23. The quantitative estimate of drug-likeness (QED) is 0.572. The van der Waals surface area contributed by atoms with E-state index in [0.717, 1.165) is 18.4 Å². The van der Waals surface area contributed by atoms with Gasteiger partial charge in [0.25, 0.3) is 0 Å². The molecule has 2 rings (SSSR count). The SMILES string of the molecule is OC1CN=C(NCC2CC=CCC2)NC1. The number of rotatable bonds is 2. The molecular formula is C11H19N3O. The molecule has 4 nitrogen and oxygen atoms in total. The third-order valence-corrected chi connectivity index (χ3v) is 2.90. The van der Waals surface area contributed by atoms with Crippen LogP contribution in [0.2, 0.25) is 0 Å². The van der Waals surface area contributed by atoms with Crippen LogP contribution in [-0.4, -0.2) is 36.8 Å². The number of nitrogens with zero attached hydrogens (tertiary/aromatic N) is 1. The van der Waals surface area contributed by atoms with E-state index in [4.69, 9.17) is 0 Å². The highest BCUT2D eigenvalue weighted by Gasteiger charge is 2.13. The summed E-state index contributed by atoms with van der Waals surface area (Å²) < 4.78 is 0. The van der Waals surface area contributed by atoms with E-state index in [0.29, 0.717) is 13.1 Å². The summed E-state index contributed by atoms with van der Waals surface area (Å²) in [5.74, 6) is 1.57. The van der Waals surface area contributed by atoms with Gasteiger partial charge < -0.3 is 15.7 Å². The van der Waals surface area contributed by atoms with E-state index in [2.05, 4.69) is 27.8 Å². The maximum Gasteiger partial charge on any atom is 0.191 e. The Hall–Kier alpha value is -1.03. The van der Waals surface area contributed by atoms with Gasteiger partial charge >= 0.3 is 0 Å². The molecular weight excluding hydrogens is 190 g/mol. The highest BCUT2D eigenvalue weighted by molar-refractivity contribution is 5.80. The number of aliphatic imine (C=N–C) groups is 1. The predicted octanol–water partition coefficient (Wildman–Crippen LogP) is 0.252. The number of hydrogen-bond acceptors (Lipinski definition) is 4. The van der Waals surface area contributed by atoms with Crippen LogP contribution in [0.1, 0.15) is 19.3 Å². The summed E-state index contributed by atoms with van der Waals surface area (Å²) in [6.07, 6.45) is 7.82. The number of guanidine groups is 1. The molecule has 0 aromatic carbocycles. The number of aliphatic hydroxyl groups excluding tert-OH is 1. The van der Waals surface area contributed by atoms with Gasteiger partial charge in [-0.15, -0.1) is 0 Å². The number of aliphatic hydroxyl groups is 1. The molecule has 0 aromatic heterocycles. The first-order valence-electron chi connectivity index (χ1n) is 5.70. The fourth-order valence-corrected chi connectivity index (χ4v) is 1.93. The van der Waals surface area contributed by atoms with Crippen LogP contribution in [0.5, 0.6) is 0 Å². The molecule has 0 saturated heterocycles. The lowest BCUT2D eigenvalue weighted by Crippen LogP contribution is -2.47. The summed E-state index contributed by atoms with van der Waals surface area (Å²) in [7, 11) is 0. The summed E-state index contributed by atoms with van der Waals surface area (Å²) >= 11 is 0. The Kier molecular flexibility index (Phi) is 3.61. The van der Waals surface area contributed by atoms with E-state index in [1.165, 1.54) is 19.3 Å². The second-order valence-electron chi connectivity index (χ2n) is 4.26. The van der Waals surface area contributed by atoms with Crippen molar-refractivity contribution in [1.82, 2.24) is 10.6 Å². The van der Waals surface area contributed by atoms with Gasteiger partial charge in [0.05, 0.1) is 12.6 Å². The van der Waals surface area contributed by atoms with E-state index in [1.54, 1.807) is 0 Å². The Morgan fingerprint density at radius 3 is 3.13 bits per heavy atom. The maximum atomic E-state index is 9.24. The molecule has 2 atom stereocenters. The molecule has 15 heavy (non-hydrogen) atoms. The van der Waals surface area contributed by atoms with Crippen molar-refractivity contribution in [2.75, 3.05) is 19.6 Å². The van der Waals surface area contributed by atoms with Gasteiger partial charge in [-0.2, -0.15) is 0 Å². The first-order valence-corrected chi connectivity index (χ1v) is 5.70.